The summed E-state index contributed by atoms with van der Waals surface area (Å²) in [6.45, 7) is 0. The van der Waals surface area contributed by atoms with Crippen LogP contribution in [0.1, 0.15) is 5.56 Å². The number of halogens is 4. The third-order valence-electron chi connectivity index (χ3n) is 2.12. The Kier molecular flexibility index (Phi) is 3.71. The van der Waals surface area contributed by atoms with Crippen molar-refractivity contribution >= 4 is 0 Å². The summed E-state index contributed by atoms with van der Waals surface area (Å²) in [6.07, 6.45) is -4.25. The van der Waals surface area contributed by atoms with Crippen LogP contribution in [0.15, 0.2) is 54.6 Å². The number of hydrogen-bond acceptors (Lipinski definition) is 0. The van der Waals surface area contributed by atoms with Crippen molar-refractivity contribution in [2.75, 3.05) is 0 Å². The minimum atomic E-state index is -4.25. The quantitative estimate of drug-likeness (QED) is 0.705. The van der Waals surface area contributed by atoms with E-state index in [0.29, 0.717) is 0 Å². The molecule has 0 atom stereocenters. The normalized spacial score (nSPS) is 11.7. The van der Waals surface area contributed by atoms with Gasteiger partial charge < -0.3 is 0 Å². The first-order valence-corrected chi connectivity index (χ1v) is 7.08. The molecule has 17 heavy (non-hydrogen) atoms. The second kappa shape index (κ2) is 5.08. The molecular weight excluding hydrogens is 340 g/mol. The number of alkyl halides is 3. The molecule has 0 nitrogen and oxygen atoms in total. The van der Waals surface area contributed by atoms with Gasteiger partial charge in [0, 0.05) is 0 Å². The molecule has 2 rings (SSSR count). The molecule has 2 aromatic rings. The maximum atomic E-state index is 12.4. The predicted molar refractivity (Wildman–Crippen MR) is 55.3 cm³/mol. The van der Waals surface area contributed by atoms with Crippen molar-refractivity contribution in [3.63, 3.8) is 0 Å². The van der Waals surface area contributed by atoms with Crippen LogP contribution in [0.2, 0.25) is 0 Å². The van der Waals surface area contributed by atoms with Crippen molar-refractivity contribution in [2.24, 2.45) is 0 Å². The van der Waals surface area contributed by atoms with Gasteiger partial charge in [-0.15, -0.1) is 0 Å². The SMILES string of the molecule is FC(F)(F)c1ccc([I-]c2ccccc2)cc1. The van der Waals surface area contributed by atoms with Crippen LogP contribution in [0, 0.1) is 7.14 Å². The molecule has 0 N–H and O–H groups in total. The van der Waals surface area contributed by atoms with E-state index in [1.54, 1.807) is 12.1 Å². The second-order valence-corrected chi connectivity index (χ2v) is 6.43. The second-order valence-electron chi connectivity index (χ2n) is 3.39. The minimum absolute atomic E-state index is 0.388. The molecule has 0 spiro atoms. The Bertz CT molecular complexity index is 474. The molecule has 0 aromatic heterocycles. The summed E-state index contributed by atoms with van der Waals surface area (Å²) in [7, 11) is 0. The van der Waals surface area contributed by atoms with Crippen LogP contribution in [0.3, 0.4) is 0 Å². The summed E-state index contributed by atoms with van der Waals surface area (Å²) in [4.78, 5) is 0. The Morgan fingerprint density at radius 2 is 1.24 bits per heavy atom. The van der Waals surface area contributed by atoms with E-state index >= 15 is 0 Å². The fourth-order valence-corrected chi connectivity index (χ4v) is 3.52. The molecular formula is C13H9F3I-. The van der Waals surface area contributed by atoms with E-state index in [4.69, 9.17) is 0 Å². The molecule has 0 aliphatic carbocycles. The maximum absolute atomic E-state index is 12.4. The fraction of sp³-hybridized carbons (Fsp3) is 0.0769. The van der Waals surface area contributed by atoms with E-state index in [1.807, 2.05) is 30.3 Å². The summed E-state index contributed by atoms with van der Waals surface area (Å²) in [5, 5.41) is 0. The van der Waals surface area contributed by atoms with Gasteiger partial charge in [0.05, 0.1) is 0 Å². The van der Waals surface area contributed by atoms with Crippen molar-refractivity contribution in [1.29, 1.82) is 0 Å². The first kappa shape index (κ1) is 12.4. The Hall–Kier alpha value is -1.04. The Labute approximate surface area is 108 Å². The third kappa shape index (κ3) is 3.46. The molecule has 2 aromatic carbocycles. The van der Waals surface area contributed by atoms with Gasteiger partial charge in [0.25, 0.3) is 0 Å². The van der Waals surface area contributed by atoms with E-state index in [2.05, 4.69) is 0 Å². The van der Waals surface area contributed by atoms with E-state index in [1.165, 1.54) is 3.57 Å². The molecule has 90 valence electrons. The first-order chi connectivity index (χ1) is 8.05. The van der Waals surface area contributed by atoms with Crippen molar-refractivity contribution < 1.29 is 34.4 Å². The third-order valence-corrected chi connectivity index (χ3v) is 4.81. The van der Waals surface area contributed by atoms with Crippen LogP contribution in [0.5, 0.6) is 0 Å². The monoisotopic (exact) mass is 349 g/mol. The van der Waals surface area contributed by atoms with Gasteiger partial charge in [0.2, 0.25) is 0 Å². The molecule has 4 heteroatoms. The average Bonchev–Trinajstić information content (AvgIpc) is 2.30. The van der Waals surface area contributed by atoms with Gasteiger partial charge in [-0.05, 0) is 0 Å². The van der Waals surface area contributed by atoms with Crippen molar-refractivity contribution in [2.45, 2.75) is 6.18 Å². The summed E-state index contributed by atoms with van der Waals surface area (Å²) in [5.74, 6) is 0. The first-order valence-electron chi connectivity index (χ1n) is 4.93. The molecule has 0 radical (unpaired) electrons. The van der Waals surface area contributed by atoms with E-state index in [9.17, 15) is 13.2 Å². The van der Waals surface area contributed by atoms with Crippen LogP contribution in [0.25, 0.3) is 0 Å². The molecule has 0 saturated heterocycles. The van der Waals surface area contributed by atoms with Gasteiger partial charge in [0.15, 0.2) is 0 Å². The van der Waals surface area contributed by atoms with E-state index in [-0.39, 0.29) is 21.2 Å². The van der Waals surface area contributed by atoms with Gasteiger partial charge in [-0.25, -0.2) is 0 Å². The zero-order valence-electron chi connectivity index (χ0n) is 8.71. The topological polar surface area (TPSA) is 0 Å². The molecule has 0 aliphatic rings. The Morgan fingerprint density at radius 3 is 1.76 bits per heavy atom. The van der Waals surface area contributed by atoms with Crippen LogP contribution >= 0.6 is 0 Å². The molecule has 0 saturated carbocycles. The van der Waals surface area contributed by atoms with Gasteiger partial charge in [-0.2, -0.15) is 0 Å². The summed E-state index contributed by atoms with van der Waals surface area (Å²) >= 11 is -0.388. The van der Waals surface area contributed by atoms with E-state index in [0.717, 1.165) is 15.7 Å². The van der Waals surface area contributed by atoms with Crippen molar-refractivity contribution in [3.05, 3.63) is 67.3 Å². The van der Waals surface area contributed by atoms with Gasteiger partial charge >= 0.3 is 108 Å². The number of hydrogen-bond donors (Lipinski definition) is 0. The zero-order valence-corrected chi connectivity index (χ0v) is 10.9. The van der Waals surface area contributed by atoms with Crippen LogP contribution in [0.4, 0.5) is 13.2 Å². The number of rotatable bonds is 2. The summed E-state index contributed by atoms with van der Waals surface area (Å²) in [6, 6.07) is 15.3. The predicted octanol–water partition coefficient (Wildman–Crippen LogP) is 0.834. The van der Waals surface area contributed by atoms with E-state index < -0.39 is 11.7 Å². The van der Waals surface area contributed by atoms with Crippen molar-refractivity contribution in [1.82, 2.24) is 0 Å². The van der Waals surface area contributed by atoms with Crippen LogP contribution in [-0.4, -0.2) is 0 Å². The molecule has 0 aliphatic heterocycles. The van der Waals surface area contributed by atoms with Gasteiger partial charge in [0.1, 0.15) is 0 Å². The standard InChI is InChI=1S/C13H9F3I/c14-13(15,16)10-6-8-12(9-7-10)17-11-4-2-1-3-5-11/h1-9H/q-1. The molecule has 0 fully saturated rings. The van der Waals surface area contributed by atoms with Crippen molar-refractivity contribution in [3.8, 4) is 0 Å². The van der Waals surface area contributed by atoms with Crippen LogP contribution in [-0.2, 0) is 6.18 Å². The van der Waals surface area contributed by atoms with Gasteiger partial charge in [-0.3, -0.25) is 0 Å². The van der Waals surface area contributed by atoms with Gasteiger partial charge in [-0.1, -0.05) is 0 Å². The molecule has 0 heterocycles. The molecule has 0 bridgehead atoms. The molecule has 0 amide bonds. The Morgan fingerprint density at radius 1 is 0.706 bits per heavy atom. The summed E-state index contributed by atoms with van der Waals surface area (Å²) < 4.78 is 39.3. The zero-order chi connectivity index (χ0) is 12.3. The van der Waals surface area contributed by atoms with Crippen LogP contribution < -0.4 is 21.2 Å². The number of benzene rings is 2. The molecule has 0 unspecified atom stereocenters. The summed E-state index contributed by atoms with van der Waals surface area (Å²) in [5.41, 5.74) is -0.585. The average molecular weight is 349 g/mol. The fourth-order valence-electron chi connectivity index (χ4n) is 1.31. The Balaban J connectivity index is 2.14.